The summed E-state index contributed by atoms with van der Waals surface area (Å²) in [7, 11) is 4.11. The van der Waals surface area contributed by atoms with Crippen molar-refractivity contribution in [3.63, 3.8) is 0 Å². The number of rotatable bonds is 7. The minimum atomic E-state index is -0.0209. The third-order valence-electron chi connectivity index (χ3n) is 4.07. The standard InChI is InChI=1S/C16H28N6O/c1-4-21-8-10-22(11-9-21)16(23)14-12-19-15(13-18-14)17-6-5-7-20(2)3/h12-13H,4-11H2,1-3H3,(H,17,19). The third kappa shape index (κ3) is 5.44. The number of hydrogen-bond acceptors (Lipinski definition) is 6. The van der Waals surface area contributed by atoms with Crippen molar-refractivity contribution >= 4 is 11.7 Å². The first-order chi connectivity index (χ1) is 11.1. The highest BCUT2D eigenvalue weighted by Gasteiger charge is 2.22. The lowest BCUT2D eigenvalue weighted by Gasteiger charge is -2.33. The number of carbonyl (C=O) groups excluding carboxylic acids is 1. The Balaban J connectivity index is 1.81. The first-order valence-electron chi connectivity index (χ1n) is 8.32. The lowest BCUT2D eigenvalue weighted by atomic mass is 10.3. The zero-order chi connectivity index (χ0) is 16.7. The highest BCUT2D eigenvalue weighted by molar-refractivity contribution is 5.92. The molecule has 1 aliphatic rings. The summed E-state index contributed by atoms with van der Waals surface area (Å²) < 4.78 is 0. The van der Waals surface area contributed by atoms with Crippen molar-refractivity contribution in [3.8, 4) is 0 Å². The van der Waals surface area contributed by atoms with Gasteiger partial charge in [-0.2, -0.15) is 0 Å². The van der Waals surface area contributed by atoms with E-state index in [0.717, 1.165) is 58.1 Å². The molecule has 0 saturated carbocycles. The van der Waals surface area contributed by atoms with Crippen LogP contribution in [-0.4, -0.2) is 90.5 Å². The summed E-state index contributed by atoms with van der Waals surface area (Å²) in [5.41, 5.74) is 0.425. The van der Waals surface area contributed by atoms with E-state index in [0.29, 0.717) is 5.69 Å². The van der Waals surface area contributed by atoms with Gasteiger partial charge in [-0.1, -0.05) is 6.92 Å². The summed E-state index contributed by atoms with van der Waals surface area (Å²) >= 11 is 0. The lowest BCUT2D eigenvalue weighted by Crippen LogP contribution is -2.48. The van der Waals surface area contributed by atoms with Gasteiger partial charge in [-0.05, 0) is 33.6 Å². The molecule has 0 radical (unpaired) electrons. The maximum Gasteiger partial charge on any atom is 0.274 e. The number of carbonyl (C=O) groups is 1. The number of hydrogen-bond donors (Lipinski definition) is 1. The van der Waals surface area contributed by atoms with E-state index < -0.39 is 0 Å². The Morgan fingerprint density at radius 2 is 1.96 bits per heavy atom. The number of likely N-dealkylation sites (N-methyl/N-ethyl adjacent to an activating group) is 1. The zero-order valence-corrected chi connectivity index (χ0v) is 14.5. The molecule has 7 nitrogen and oxygen atoms in total. The Bertz CT molecular complexity index is 482. The number of aromatic nitrogens is 2. The van der Waals surface area contributed by atoms with E-state index in [4.69, 9.17) is 0 Å². The molecule has 0 unspecified atom stereocenters. The van der Waals surface area contributed by atoms with Crippen molar-refractivity contribution in [1.82, 2.24) is 24.7 Å². The molecule has 1 amide bonds. The summed E-state index contributed by atoms with van der Waals surface area (Å²) in [5, 5.41) is 3.23. The molecule has 1 aromatic heterocycles. The second-order valence-corrected chi connectivity index (χ2v) is 6.10. The minimum absolute atomic E-state index is 0.0209. The van der Waals surface area contributed by atoms with Crippen molar-refractivity contribution in [1.29, 1.82) is 0 Å². The Morgan fingerprint density at radius 1 is 1.22 bits per heavy atom. The fraction of sp³-hybridized carbons (Fsp3) is 0.688. The monoisotopic (exact) mass is 320 g/mol. The van der Waals surface area contributed by atoms with Crippen LogP contribution in [0.2, 0.25) is 0 Å². The fourth-order valence-corrected chi connectivity index (χ4v) is 2.57. The van der Waals surface area contributed by atoms with Gasteiger partial charge in [0.15, 0.2) is 0 Å². The molecule has 0 atom stereocenters. The summed E-state index contributed by atoms with van der Waals surface area (Å²) in [6, 6.07) is 0. The number of piperazine rings is 1. The van der Waals surface area contributed by atoms with E-state index in [1.807, 2.05) is 4.90 Å². The number of anilines is 1. The van der Waals surface area contributed by atoms with Crippen LogP contribution in [0.3, 0.4) is 0 Å². The second-order valence-electron chi connectivity index (χ2n) is 6.10. The van der Waals surface area contributed by atoms with E-state index in [2.05, 4.69) is 46.1 Å². The average molecular weight is 320 g/mol. The first-order valence-corrected chi connectivity index (χ1v) is 8.32. The Kier molecular flexibility index (Phi) is 6.73. The number of nitrogens with zero attached hydrogens (tertiary/aromatic N) is 5. The van der Waals surface area contributed by atoms with Gasteiger partial charge in [0.1, 0.15) is 11.5 Å². The Morgan fingerprint density at radius 3 is 2.52 bits per heavy atom. The third-order valence-corrected chi connectivity index (χ3v) is 4.07. The van der Waals surface area contributed by atoms with Gasteiger partial charge in [-0.3, -0.25) is 4.79 Å². The molecule has 2 rings (SSSR count). The summed E-state index contributed by atoms with van der Waals surface area (Å²) in [5.74, 6) is 0.698. The molecule has 1 saturated heterocycles. The summed E-state index contributed by atoms with van der Waals surface area (Å²) in [6.07, 6.45) is 4.26. The van der Waals surface area contributed by atoms with Crippen LogP contribution < -0.4 is 5.32 Å². The predicted molar refractivity (Wildman–Crippen MR) is 91.7 cm³/mol. The van der Waals surface area contributed by atoms with Gasteiger partial charge in [0.25, 0.3) is 5.91 Å². The van der Waals surface area contributed by atoms with Gasteiger partial charge in [0, 0.05) is 32.7 Å². The van der Waals surface area contributed by atoms with Gasteiger partial charge < -0.3 is 20.0 Å². The van der Waals surface area contributed by atoms with Crippen LogP contribution in [0.1, 0.15) is 23.8 Å². The Hall–Kier alpha value is -1.73. The van der Waals surface area contributed by atoms with Crippen molar-refractivity contribution in [2.24, 2.45) is 0 Å². The van der Waals surface area contributed by atoms with Gasteiger partial charge >= 0.3 is 0 Å². The van der Waals surface area contributed by atoms with Crippen LogP contribution in [0.5, 0.6) is 0 Å². The van der Waals surface area contributed by atoms with E-state index in [-0.39, 0.29) is 5.91 Å². The molecule has 1 fully saturated rings. The number of amides is 1. The molecule has 7 heteroatoms. The molecular weight excluding hydrogens is 292 g/mol. The van der Waals surface area contributed by atoms with Gasteiger partial charge in [0.05, 0.1) is 12.4 Å². The zero-order valence-electron chi connectivity index (χ0n) is 14.5. The Labute approximate surface area is 138 Å². The van der Waals surface area contributed by atoms with Crippen LogP contribution in [0, 0.1) is 0 Å². The molecule has 2 heterocycles. The fourth-order valence-electron chi connectivity index (χ4n) is 2.57. The molecule has 1 aromatic rings. The topological polar surface area (TPSA) is 64.6 Å². The highest BCUT2D eigenvalue weighted by atomic mass is 16.2. The van der Waals surface area contributed by atoms with Gasteiger partial charge in [-0.15, -0.1) is 0 Å². The van der Waals surface area contributed by atoms with E-state index in [1.54, 1.807) is 12.4 Å². The molecule has 1 N–H and O–H groups in total. The lowest BCUT2D eigenvalue weighted by molar-refractivity contribution is 0.0637. The molecule has 1 aliphatic heterocycles. The van der Waals surface area contributed by atoms with Crippen LogP contribution in [0.15, 0.2) is 12.4 Å². The molecular formula is C16H28N6O. The van der Waals surface area contributed by atoms with Crippen LogP contribution in [0.25, 0.3) is 0 Å². The van der Waals surface area contributed by atoms with Crippen molar-refractivity contribution < 1.29 is 4.79 Å². The van der Waals surface area contributed by atoms with Crippen LogP contribution >= 0.6 is 0 Å². The molecule has 128 valence electrons. The normalized spacial score (nSPS) is 15.9. The first kappa shape index (κ1) is 17.6. The summed E-state index contributed by atoms with van der Waals surface area (Å²) in [6.45, 7) is 8.45. The van der Waals surface area contributed by atoms with Gasteiger partial charge in [0.2, 0.25) is 0 Å². The predicted octanol–water partition coefficient (Wildman–Crippen LogP) is 0.618. The molecule has 0 aliphatic carbocycles. The van der Waals surface area contributed by atoms with Crippen LogP contribution in [-0.2, 0) is 0 Å². The van der Waals surface area contributed by atoms with Crippen molar-refractivity contribution in [2.45, 2.75) is 13.3 Å². The molecule has 0 spiro atoms. The second kappa shape index (κ2) is 8.79. The molecule has 23 heavy (non-hydrogen) atoms. The smallest absolute Gasteiger partial charge is 0.274 e. The number of nitrogens with one attached hydrogen (secondary N) is 1. The minimum Gasteiger partial charge on any atom is -0.369 e. The SMILES string of the molecule is CCN1CCN(C(=O)c2cnc(NCCCN(C)C)cn2)CC1. The highest BCUT2D eigenvalue weighted by Crippen LogP contribution is 2.08. The molecule has 0 aromatic carbocycles. The quantitative estimate of drug-likeness (QED) is 0.743. The van der Waals surface area contributed by atoms with Crippen molar-refractivity contribution in [3.05, 3.63) is 18.1 Å². The van der Waals surface area contributed by atoms with E-state index in [9.17, 15) is 4.79 Å². The van der Waals surface area contributed by atoms with Gasteiger partial charge in [-0.25, -0.2) is 9.97 Å². The van der Waals surface area contributed by atoms with E-state index >= 15 is 0 Å². The average Bonchev–Trinajstić information content (AvgIpc) is 2.58. The van der Waals surface area contributed by atoms with Crippen LogP contribution in [0.4, 0.5) is 5.82 Å². The summed E-state index contributed by atoms with van der Waals surface area (Å²) in [4.78, 5) is 27.3. The van der Waals surface area contributed by atoms with Crippen molar-refractivity contribution in [2.75, 3.05) is 65.2 Å². The largest absolute Gasteiger partial charge is 0.369 e. The maximum absolute atomic E-state index is 12.4. The maximum atomic E-state index is 12.4. The molecule has 0 bridgehead atoms. The van der Waals surface area contributed by atoms with E-state index in [1.165, 1.54) is 0 Å².